The van der Waals surface area contributed by atoms with Crippen molar-refractivity contribution in [2.75, 3.05) is 11.1 Å². The van der Waals surface area contributed by atoms with Crippen LogP contribution in [0.2, 0.25) is 5.02 Å². The van der Waals surface area contributed by atoms with E-state index in [9.17, 15) is 4.79 Å². The van der Waals surface area contributed by atoms with E-state index in [2.05, 4.69) is 15.5 Å². The van der Waals surface area contributed by atoms with Crippen LogP contribution in [0.15, 0.2) is 18.2 Å². The first kappa shape index (κ1) is 12.4. The summed E-state index contributed by atoms with van der Waals surface area (Å²) in [5, 5.41) is 9.78. The van der Waals surface area contributed by atoms with Crippen molar-refractivity contribution in [1.82, 2.24) is 10.2 Å². The van der Waals surface area contributed by atoms with Gasteiger partial charge in [0, 0.05) is 10.6 Å². The molecule has 0 saturated carbocycles. The van der Waals surface area contributed by atoms with Crippen LogP contribution in [-0.4, -0.2) is 16.1 Å². The first-order valence-electron chi connectivity index (χ1n) is 5.37. The number of nitrogens with zero attached hydrogens (tertiary/aromatic N) is 1. The van der Waals surface area contributed by atoms with E-state index >= 15 is 0 Å². The average molecular weight is 265 g/mol. The van der Waals surface area contributed by atoms with Gasteiger partial charge in [-0.3, -0.25) is 9.89 Å². The standard InChI is InChI=1S/C12H13ClN4O/c1-6-3-4-8(13)5-9(6)12(18)15-11-10(14)7(2)16-17-11/h3-5H,14H2,1-2H3,(H2,15,16,17,18). The molecule has 0 aliphatic heterocycles. The minimum Gasteiger partial charge on any atom is -0.394 e. The second kappa shape index (κ2) is 4.70. The minimum absolute atomic E-state index is 0.284. The molecule has 2 aromatic rings. The Bertz CT molecular complexity index is 606. The number of benzene rings is 1. The van der Waals surface area contributed by atoms with Crippen molar-refractivity contribution >= 4 is 29.0 Å². The van der Waals surface area contributed by atoms with E-state index in [4.69, 9.17) is 17.3 Å². The fourth-order valence-corrected chi connectivity index (χ4v) is 1.72. The molecule has 0 fully saturated rings. The van der Waals surface area contributed by atoms with Gasteiger partial charge in [-0.2, -0.15) is 5.10 Å². The first-order chi connectivity index (χ1) is 8.49. The van der Waals surface area contributed by atoms with Crippen molar-refractivity contribution in [3.63, 3.8) is 0 Å². The van der Waals surface area contributed by atoms with Gasteiger partial charge in [0.1, 0.15) is 0 Å². The highest BCUT2D eigenvalue weighted by atomic mass is 35.5. The predicted octanol–water partition coefficient (Wildman–Crippen LogP) is 2.51. The number of aromatic amines is 1. The first-order valence-corrected chi connectivity index (χ1v) is 5.74. The second-order valence-electron chi connectivity index (χ2n) is 4.02. The number of nitrogens with one attached hydrogen (secondary N) is 2. The molecule has 0 atom stereocenters. The molecule has 6 heteroatoms. The number of carbonyl (C=O) groups excluding carboxylic acids is 1. The molecular formula is C12H13ClN4O. The summed E-state index contributed by atoms with van der Waals surface area (Å²) < 4.78 is 0. The smallest absolute Gasteiger partial charge is 0.257 e. The monoisotopic (exact) mass is 264 g/mol. The number of aromatic nitrogens is 2. The number of rotatable bonds is 2. The van der Waals surface area contributed by atoms with Crippen molar-refractivity contribution in [3.8, 4) is 0 Å². The van der Waals surface area contributed by atoms with E-state index in [1.807, 2.05) is 6.92 Å². The Morgan fingerprint density at radius 2 is 2.17 bits per heavy atom. The molecule has 2 rings (SSSR count). The van der Waals surface area contributed by atoms with Crippen LogP contribution in [0, 0.1) is 13.8 Å². The lowest BCUT2D eigenvalue weighted by Crippen LogP contribution is -2.14. The lowest BCUT2D eigenvalue weighted by Gasteiger charge is -2.06. The van der Waals surface area contributed by atoms with E-state index in [-0.39, 0.29) is 5.91 Å². The lowest BCUT2D eigenvalue weighted by molar-refractivity contribution is 0.102. The van der Waals surface area contributed by atoms with Gasteiger partial charge in [-0.05, 0) is 31.5 Å². The van der Waals surface area contributed by atoms with E-state index in [0.717, 1.165) is 5.56 Å². The summed E-state index contributed by atoms with van der Waals surface area (Å²) in [5.74, 6) is 0.0464. The average Bonchev–Trinajstić information content (AvgIpc) is 2.64. The summed E-state index contributed by atoms with van der Waals surface area (Å²) in [4.78, 5) is 12.1. The second-order valence-corrected chi connectivity index (χ2v) is 4.46. The zero-order valence-electron chi connectivity index (χ0n) is 10.0. The Morgan fingerprint density at radius 3 is 2.78 bits per heavy atom. The number of anilines is 2. The van der Waals surface area contributed by atoms with Crippen molar-refractivity contribution in [2.24, 2.45) is 0 Å². The number of hydrogen-bond donors (Lipinski definition) is 3. The Labute approximate surface area is 109 Å². The maximum atomic E-state index is 12.1. The molecule has 0 spiro atoms. The van der Waals surface area contributed by atoms with Gasteiger partial charge < -0.3 is 11.1 Å². The highest BCUT2D eigenvalue weighted by Gasteiger charge is 2.14. The predicted molar refractivity (Wildman–Crippen MR) is 71.9 cm³/mol. The Kier molecular flexibility index (Phi) is 3.25. The van der Waals surface area contributed by atoms with E-state index in [1.165, 1.54) is 0 Å². The molecule has 0 unspecified atom stereocenters. The number of H-pyrrole nitrogens is 1. The molecule has 0 radical (unpaired) electrons. The van der Waals surface area contributed by atoms with E-state index in [1.54, 1.807) is 25.1 Å². The molecule has 94 valence electrons. The quantitative estimate of drug-likeness (QED) is 0.779. The number of nitrogens with two attached hydrogens (primary N) is 1. The SMILES string of the molecule is Cc1ccc(Cl)cc1C(=O)Nc1n[nH]c(C)c1N. The molecule has 1 aromatic heterocycles. The van der Waals surface area contributed by atoms with Gasteiger partial charge in [0.2, 0.25) is 0 Å². The third-order valence-corrected chi connectivity index (χ3v) is 2.91. The number of hydrogen-bond acceptors (Lipinski definition) is 3. The van der Waals surface area contributed by atoms with Crippen molar-refractivity contribution in [2.45, 2.75) is 13.8 Å². The number of halogens is 1. The minimum atomic E-state index is -0.284. The fourth-order valence-electron chi connectivity index (χ4n) is 1.55. The van der Waals surface area contributed by atoms with E-state index in [0.29, 0.717) is 27.8 Å². The van der Waals surface area contributed by atoms with Crippen molar-refractivity contribution in [1.29, 1.82) is 0 Å². The van der Waals surface area contributed by atoms with Crippen molar-refractivity contribution < 1.29 is 4.79 Å². The Morgan fingerprint density at radius 1 is 1.44 bits per heavy atom. The molecule has 5 nitrogen and oxygen atoms in total. The Balaban J connectivity index is 2.27. The molecule has 1 heterocycles. The number of nitrogen functional groups attached to an aromatic ring is 1. The maximum absolute atomic E-state index is 12.1. The summed E-state index contributed by atoms with van der Waals surface area (Å²) in [6.45, 7) is 3.62. The summed E-state index contributed by atoms with van der Waals surface area (Å²) >= 11 is 5.87. The molecule has 0 aliphatic carbocycles. The van der Waals surface area contributed by atoms with Gasteiger partial charge in [-0.1, -0.05) is 17.7 Å². The van der Waals surface area contributed by atoms with Crippen LogP contribution < -0.4 is 11.1 Å². The molecule has 18 heavy (non-hydrogen) atoms. The highest BCUT2D eigenvalue weighted by Crippen LogP contribution is 2.21. The van der Waals surface area contributed by atoms with Crippen LogP contribution in [0.5, 0.6) is 0 Å². The van der Waals surface area contributed by atoms with Gasteiger partial charge in [0.05, 0.1) is 11.4 Å². The highest BCUT2D eigenvalue weighted by molar-refractivity contribution is 6.31. The maximum Gasteiger partial charge on any atom is 0.257 e. The largest absolute Gasteiger partial charge is 0.394 e. The van der Waals surface area contributed by atoms with Gasteiger partial charge in [0.15, 0.2) is 5.82 Å². The van der Waals surface area contributed by atoms with Gasteiger partial charge >= 0.3 is 0 Å². The third kappa shape index (κ3) is 2.31. The van der Waals surface area contributed by atoms with Crippen LogP contribution in [0.1, 0.15) is 21.6 Å². The molecule has 0 bridgehead atoms. The summed E-state index contributed by atoms with van der Waals surface area (Å²) in [6.07, 6.45) is 0. The normalized spacial score (nSPS) is 10.4. The van der Waals surface area contributed by atoms with Gasteiger partial charge in [-0.15, -0.1) is 0 Å². The summed E-state index contributed by atoms with van der Waals surface area (Å²) in [5.41, 5.74) is 8.25. The van der Waals surface area contributed by atoms with Crippen LogP contribution >= 0.6 is 11.6 Å². The summed E-state index contributed by atoms with van der Waals surface area (Å²) in [7, 11) is 0. The number of amides is 1. The van der Waals surface area contributed by atoms with Gasteiger partial charge in [-0.25, -0.2) is 0 Å². The third-order valence-electron chi connectivity index (χ3n) is 2.67. The Hall–Kier alpha value is -2.01. The fraction of sp³-hybridized carbons (Fsp3) is 0.167. The van der Waals surface area contributed by atoms with E-state index < -0.39 is 0 Å². The molecule has 1 amide bonds. The zero-order valence-corrected chi connectivity index (χ0v) is 10.8. The zero-order chi connectivity index (χ0) is 13.3. The summed E-state index contributed by atoms with van der Waals surface area (Å²) in [6, 6.07) is 5.14. The van der Waals surface area contributed by atoms with Crippen LogP contribution in [-0.2, 0) is 0 Å². The molecule has 4 N–H and O–H groups in total. The van der Waals surface area contributed by atoms with Crippen LogP contribution in [0.4, 0.5) is 11.5 Å². The van der Waals surface area contributed by atoms with Crippen LogP contribution in [0.25, 0.3) is 0 Å². The van der Waals surface area contributed by atoms with Crippen molar-refractivity contribution in [3.05, 3.63) is 40.0 Å². The van der Waals surface area contributed by atoms with Gasteiger partial charge in [0.25, 0.3) is 5.91 Å². The van der Waals surface area contributed by atoms with Crippen LogP contribution in [0.3, 0.4) is 0 Å². The number of aryl methyl sites for hydroxylation is 2. The number of carbonyl (C=O) groups is 1. The molecule has 0 aliphatic rings. The molecular weight excluding hydrogens is 252 g/mol. The molecule has 0 saturated heterocycles. The lowest BCUT2D eigenvalue weighted by atomic mass is 10.1. The molecule has 1 aromatic carbocycles. The topological polar surface area (TPSA) is 83.8 Å².